The second kappa shape index (κ2) is 8.65. The maximum atomic E-state index is 6.02. The van der Waals surface area contributed by atoms with Gasteiger partial charge < -0.3 is 14.1 Å². The highest BCUT2D eigenvalue weighted by Gasteiger charge is 2.19. The molecule has 136 valence electrons. The summed E-state index contributed by atoms with van der Waals surface area (Å²) in [5.41, 5.74) is 2.67. The summed E-state index contributed by atoms with van der Waals surface area (Å²) in [5.74, 6) is 1.99. The van der Waals surface area contributed by atoms with Crippen LogP contribution in [0, 0.1) is 0 Å². The van der Waals surface area contributed by atoms with Crippen LogP contribution in [-0.2, 0) is 24.4 Å². The van der Waals surface area contributed by atoms with Crippen molar-refractivity contribution in [2.45, 2.75) is 45.0 Å². The zero-order chi connectivity index (χ0) is 17.6. The van der Waals surface area contributed by atoms with Gasteiger partial charge in [0, 0.05) is 19.7 Å². The van der Waals surface area contributed by atoms with E-state index >= 15 is 0 Å². The SMILES string of the molecule is CN(C)Cc1ccc(CN(C)Cc2ccc([C@@H]3CCCCO3)o2)cc1. The number of rotatable bonds is 7. The van der Waals surface area contributed by atoms with Crippen LogP contribution in [0.1, 0.15) is 48.0 Å². The molecule has 25 heavy (non-hydrogen) atoms. The van der Waals surface area contributed by atoms with E-state index in [-0.39, 0.29) is 6.10 Å². The van der Waals surface area contributed by atoms with E-state index < -0.39 is 0 Å². The lowest BCUT2D eigenvalue weighted by atomic mass is 10.1. The molecule has 4 nitrogen and oxygen atoms in total. The Hall–Kier alpha value is -1.62. The summed E-state index contributed by atoms with van der Waals surface area (Å²) in [6.07, 6.45) is 3.61. The van der Waals surface area contributed by atoms with Gasteiger partial charge in [0.2, 0.25) is 0 Å². The minimum Gasteiger partial charge on any atom is -0.462 e. The van der Waals surface area contributed by atoms with E-state index in [9.17, 15) is 0 Å². The molecule has 1 atom stereocenters. The van der Waals surface area contributed by atoms with Gasteiger partial charge in [0.25, 0.3) is 0 Å². The maximum absolute atomic E-state index is 6.02. The van der Waals surface area contributed by atoms with Crippen LogP contribution in [0.3, 0.4) is 0 Å². The van der Waals surface area contributed by atoms with Crippen LogP contribution in [0.5, 0.6) is 0 Å². The summed E-state index contributed by atoms with van der Waals surface area (Å²) in [7, 11) is 6.32. The number of benzene rings is 1. The number of nitrogens with zero attached hydrogens (tertiary/aromatic N) is 2. The number of ether oxygens (including phenoxy) is 1. The molecule has 0 unspecified atom stereocenters. The molecule has 1 aromatic carbocycles. The molecule has 1 aliphatic heterocycles. The van der Waals surface area contributed by atoms with E-state index in [2.05, 4.69) is 67.3 Å². The molecule has 1 aromatic heterocycles. The molecule has 0 amide bonds. The van der Waals surface area contributed by atoms with Crippen molar-refractivity contribution < 1.29 is 9.15 Å². The van der Waals surface area contributed by atoms with Gasteiger partial charge in [-0.3, -0.25) is 4.90 Å². The van der Waals surface area contributed by atoms with E-state index in [0.717, 1.165) is 44.2 Å². The quantitative estimate of drug-likeness (QED) is 0.753. The molecule has 4 heteroatoms. The first-order chi connectivity index (χ1) is 12.1. The van der Waals surface area contributed by atoms with Gasteiger partial charge >= 0.3 is 0 Å². The summed E-state index contributed by atoms with van der Waals surface area (Å²) in [6, 6.07) is 13.0. The van der Waals surface area contributed by atoms with Gasteiger partial charge in [-0.05, 0) is 63.7 Å². The molecule has 0 aliphatic carbocycles. The van der Waals surface area contributed by atoms with Crippen molar-refractivity contribution in [1.82, 2.24) is 9.80 Å². The van der Waals surface area contributed by atoms with Crippen molar-refractivity contribution in [2.75, 3.05) is 27.7 Å². The standard InChI is InChI=1S/C21H30N2O2/c1-22(2)14-17-7-9-18(10-8-17)15-23(3)16-19-11-12-21(25-19)20-6-4-5-13-24-20/h7-12,20H,4-6,13-16H2,1-3H3/t20-/m0/s1. The van der Waals surface area contributed by atoms with E-state index in [1.54, 1.807) is 0 Å². The molecule has 1 aliphatic rings. The fourth-order valence-corrected chi connectivity index (χ4v) is 3.37. The second-order valence-electron chi connectivity index (χ2n) is 7.39. The second-order valence-corrected chi connectivity index (χ2v) is 7.39. The molecule has 3 rings (SSSR count). The van der Waals surface area contributed by atoms with Crippen LogP contribution in [0.4, 0.5) is 0 Å². The van der Waals surface area contributed by atoms with Crippen LogP contribution in [-0.4, -0.2) is 37.5 Å². The maximum Gasteiger partial charge on any atom is 0.133 e. The molecule has 0 bridgehead atoms. The summed E-state index contributed by atoms with van der Waals surface area (Å²) >= 11 is 0. The van der Waals surface area contributed by atoms with Gasteiger partial charge in [0.1, 0.15) is 17.6 Å². The predicted octanol–water partition coefficient (Wildman–Crippen LogP) is 4.21. The van der Waals surface area contributed by atoms with Crippen LogP contribution < -0.4 is 0 Å². The van der Waals surface area contributed by atoms with Gasteiger partial charge in [0.05, 0.1) is 6.54 Å². The monoisotopic (exact) mass is 342 g/mol. The normalized spacial score (nSPS) is 18.2. The lowest BCUT2D eigenvalue weighted by molar-refractivity contribution is 0.000907. The van der Waals surface area contributed by atoms with E-state index in [1.807, 2.05) is 0 Å². The minimum atomic E-state index is 0.150. The Morgan fingerprint density at radius 1 is 0.880 bits per heavy atom. The number of furan rings is 1. The van der Waals surface area contributed by atoms with E-state index in [0.29, 0.717) is 0 Å². The molecule has 0 radical (unpaired) electrons. The lowest BCUT2D eigenvalue weighted by Gasteiger charge is -2.20. The third-order valence-electron chi connectivity index (χ3n) is 4.58. The molecular formula is C21H30N2O2. The molecule has 0 spiro atoms. The summed E-state index contributed by atoms with van der Waals surface area (Å²) < 4.78 is 11.8. The van der Waals surface area contributed by atoms with Gasteiger partial charge in [-0.25, -0.2) is 0 Å². The minimum absolute atomic E-state index is 0.150. The lowest BCUT2D eigenvalue weighted by Crippen LogP contribution is -2.17. The van der Waals surface area contributed by atoms with Gasteiger partial charge in [-0.2, -0.15) is 0 Å². The van der Waals surface area contributed by atoms with Crippen LogP contribution >= 0.6 is 0 Å². The average Bonchev–Trinajstić information content (AvgIpc) is 3.05. The Labute approximate surface area is 151 Å². The van der Waals surface area contributed by atoms with Gasteiger partial charge in [-0.1, -0.05) is 24.3 Å². The first-order valence-electron chi connectivity index (χ1n) is 9.21. The molecule has 1 fully saturated rings. The molecule has 2 heterocycles. The summed E-state index contributed by atoms with van der Waals surface area (Å²) in [6.45, 7) is 3.56. The molecule has 1 saturated heterocycles. The van der Waals surface area contributed by atoms with Crippen molar-refractivity contribution in [3.63, 3.8) is 0 Å². The topological polar surface area (TPSA) is 28.9 Å². The van der Waals surface area contributed by atoms with Crippen molar-refractivity contribution >= 4 is 0 Å². The highest BCUT2D eigenvalue weighted by atomic mass is 16.5. The number of hydrogen-bond donors (Lipinski definition) is 0. The van der Waals surface area contributed by atoms with Gasteiger partial charge in [0.15, 0.2) is 0 Å². The van der Waals surface area contributed by atoms with Crippen molar-refractivity contribution in [1.29, 1.82) is 0 Å². The Balaban J connectivity index is 1.52. The van der Waals surface area contributed by atoms with E-state index in [1.165, 1.54) is 24.0 Å². The summed E-state index contributed by atoms with van der Waals surface area (Å²) in [5, 5.41) is 0. The van der Waals surface area contributed by atoms with Crippen molar-refractivity contribution in [3.05, 3.63) is 59.0 Å². The smallest absolute Gasteiger partial charge is 0.133 e. The van der Waals surface area contributed by atoms with Crippen LogP contribution in [0.25, 0.3) is 0 Å². The Morgan fingerprint density at radius 3 is 2.24 bits per heavy atom. The number of hydrogen-bond acceptors (Lipinski definition) is 4. The Morgan fingerprint density at radius 2 is 1.60 bits per heavy atom. The van der Waals surface area contributed by atoms with Crippen LogP contribution in [0.15, 0.2) is 40.8 Å². The largest absolute Gasteiger partial charge is 0.462 e. The first kappa shape index (κ1) is 18.2. The predicted molar refractivity (Wildman–Crippen MR) is 100 cm³/mol. The third-order valence-corrected chi connectivity index (χ3v) is 4.58. The average molecular weight is 342 g/mol. The molecule has 0 N–H and O–H groups in total. The van der Waals surface area contributed by atoms with Gasteiger partial charge in [-0.15, -0.1) is 0 Å². The van der Waals surface area contributed by atoms with Crippen molar-refractivity contribution in [2.24, 2.45) is 0 Å². The highest BCUT2D eigenvalue weighted by Crippen LogP contribution is 2.29. The zero-order valence-electron chi connectivity index (χ0n) is 15.7. The molecule has 2 aromatic rings. The Bertz CT molecular complexity index is 642. The Kier molecular flexibility index (Phi) is 6.29. The summed E-state index contributed by atoms with van der Waals surface area (Å²) in [4.78, 5) is 4.47. The third kappa shape index (κ3) is 5.43. The molecular weight excluding hydrogens is 312 g/mol. The fourth-order valence-electron chi connectivity index (χ4n) is 3.37. The van der Waals surface area contributed by atoms with Crippen molar-refractivity contribution in [3.8, 4) is 0 Å². The van der Waals surface area contributed by atoms with Crippen LogP contribution in [0.2, 0.25) is 0 Å². The highest BCUT2D eigenvalue weighted by molar-refractivity contribution is 5.22. The zero-order valence-corrected chi connectivity index (χ0v) is 15.7. The van der Waals surface area contributed by atoms with E-state index in [4.69, 9.17) is 9.15 Å². The molecule has 0 saturated carbocycles. The fraction of sp³-hybridized carbons (Fsp3) is 0.524. The first-order valence-corrected chi connectivity index (χ1v) is 9.21.